The zero-order chi connectivity index (χ0) is 14.8. The molecule has 3 heteroatoms. The molecule has 2 aliphatic rings. The monoisotopic (exact) mass is 288 g/mol. The molecule has 0 radical (unpaired) electrons. The lowest BCUT2D eigenvalue weighted by molar-refractivity contribution is 0.147. The molecule has 0 aromatic heterocycles. The number of anilines is 1. The third-order valence-electron chi connectivity index (χ3n) is 4.80. The van der Waals surface area contributed by atoms with Crippen molar-refractivity contribution in [1.29, 1.82) is 0 Å². The summed E-state index contributed by atoms with van der Waals surface area (Å²) in [5.74, 6) is 1.59. The predicted molar refractivity (Wildman–Crippen MR) is 88.3 cm³/mol. The maximum atomic E-state index is 6.15. The Morgan fingerprint density at radius 1 is 1.33 bits per heavy atom. The third kappa shape index (κ3) is 3.34. The van der Waals surface area contributed by atoms with E-state index in [9.17, 15) is 0 Å². The highest BCUT2D eigenvalue weighted by Crippen LogP contribution is 2.35. The predicted octanol–water partition coefficient (Wildman–Crippen LogP) is 3.22. The molecule has 0 aliphatic carbocycles. The first-order chi connectivity index (χ1) is 10.1. The van der Waals surface area contributed by atoms with E-state index >= 15 is 0 Å². The van der Waals surface area contributed by atoms with Gasteiger partial charge < -0.3 is 15.0 Å². The number of nitrogens with one attached hydrogen (secondary N) is 1. The summed E-state index contributed by atoms with van der Waals surface area (Å²) < 4.78 is 6.15. The number of ether oxygens (including phenoxy) is 1. The van der Waals surface area contributed by atoms with Crippen molar-refractivity contribution in [3.8, 4) is 5.75 Å². The van der Waals surface area contributed by atoms with Crippen LogP contribution in [0.25, 0.3) is 0 Å². The molecule has 116 valence electrons. The number of fused-ring (bicyclic) bond motifs is 1. The molecule has 2 heterocycles. The number of nitrogens with zero attached hydrogens (tertiary/aromatic N) is 1. The minimum atomic E-state index is 0.299. The first-order valence-electron chi connectivity index (χ1n) is 8.37. The lowest BCUT2D eigenvalue weighted by Gasteiger charge is -2.36. The Hall–Kier alpha value is -1.22. The van der Waals surface area contributed by atoms with Crippen molar-refractivity contribution in [1.82, 2.24) is 5.32 Å². The third-order valence-corrected chi connectivity index (χ3v) is 4.80. The molecule has 1 saturated heterocycles. The lowest BCUT2D eigenvalue weighted by Crippen LogP contribution is -2.40. The molecule has 0 bridgehead atoms. The van der Waals surface area contributed by atoms with Gasteiger partial charge in [0, 0.05) is 13.1 Å². The van der Waals surface area contributed by atoms with Crippen molar-refractivity contribution >= 4 is 5.69 Å². The molecule has 2 atom stereocenters. The highest BCUT2D eigenvalue weighted by atomic mass is 16.5. The van der Waals surface area contributed by atoms with Crippen molar-refractivity contribution < 1.29 is 4.74 Å². The standard InChI is InChI=1S/C18H28N2O/c1-13(2)18-12-20(3)16-11-14(7-8-17(16)21-18)10-15-6-4-5-9-19-15/h7-8,11,13,15,18-19H,4-6,9-10,12H2,1-3H3. The molecule has 1 aromatic carbocycles. The number of hydrogen-bond donors (Lipinski definition) is 1. The highest BCUT2D eigenvalue weighted by Gasteiger charge is 2.26. The van der Waals surface area contributed by atoms with E-state index in [1.165, 1.54) is 37.1 Å². The van der Waals surface area contributed by atoms with Gasteiger partial charge in [-0.1, -0.05) is 26.3 Å². The summed E-state index contributed by atoms with van der Waals surface area (Å²) in [7, 11) is 2.18. The molecule has 2 aliphatic heterocycles. The summed E-state index contributed by atoms with van der Waals surface area (Å²) in [6, 6.07) is 7.38. The van der Waals surface area contributed by atoms with Crippen molar-refractivity contribution in [3.63, 3.8) is 0 Å². The topological polar surface area (TPSA) is 24.5 Å². The molecular formula is C18H28N2O. The Labute approximate surface area is 128 Å². The van der Waals surface area contributed by atoms with Crippen molar-refractivity contribution in [2.24, 2.45) is 5.92 Å². The van der Waals surface area contributed by atoms with Gasteiger partial charge in [-0.3, -0.25) is 0 Å². The summed E-state index contributed by atoms with van der Waals surface area (Å²) in [6.45, 7) is 6.61. The van der Waals surface area contributed by atoms with Crippen LogP contribution in [-0.2, 0) is 6.42 Å². The molecule has 1 aromatic rings. The minimum absolute atomic E-state index is 0.299. The van der Waals surface area contributed by atoms with E-state index in [4.69, 9.17) is 4.74 Å². The van der Waals surface area contributed by atoms with E-state index in [2.05, 4.69) is 49.3 Å². The van der Waals surface area contributed by atoms with Crippen molar-refractivity contribution in [3.05, 3.63) is 23.8 Å². The van der Waals surface area contributed by atoms with Gasteiger partial charge in [-0.2, -0.15) is 0 Å². The number of piperidine rings is 1. The van der Waals surface area contributed by atoms with E-state index in [0.29, 0.717) is 18.1 Å². The molecule has 0 amide bonds. The van der Waals surface area contributed by atoms with Crippen molar-refractivity contribution in [2.45, 2.75) is 51.7 Å². The Kier molecular flexibility index (Phi) is 4.39. The van der Waals surface area contributed by atoms with Gasteiger partial charge in [-0.05, 0) is 49.4 Å². The Morgan fingerprint density at radius 2 is 2.19 bits per heavy atom. The number of benzene rings is 1. The number of hydrogen-bond acceptors (Lipinski definition) is 3. The summed E-state index contributed by atoms with van der Waals surface area (Å²) in [5.41, 5.74) is 2.67. The fourth-order valence-corrected chi connectivity index (χ4v) is 3.39. The van der Waals surface area contributed by atoms with Gasteiger partial charge in [0.15, 0.2) is 0 Å². The Balaban J connectivity index is 1.73. The van der Waals surface area contributed by atoms with Gasteiger partial charge in [0.1, 0.15) is 11.9 Å². The molecule has 0 spiro atoms. The molecular weight excluding hydrogens is 260 g/mol. The molecule has 3 rings (SSSR count). The average Bonchev–Trinajstić information content (AvgIpc) is 2.48. The fourth-order valence-electron chi connectivity index (χ4n) is 3.39. The first-order valence-corrected chi connectivity index (χ1v) is 8.37. The van der Waals surface area contributed by atoms with Crippen LogP contribution in [0.1, 0.15) is 38.7 Å². The second kappa shape index (κ2) is 6.27. The Bertz CT molecular complexity index is 480. The minimum Gasteiger partial charge on any atom is -0.486 e. The first kappa shape index (κ1) is 14.7. The summed E-state index contributed by atoms with van der Waals surface area (Å²) in [4.78, 5) is 2.35. The van der Waals surface area contributed by atoms with Crippen LogP contribution < -0.4 is 15.0 Å². The second-order valence-corrected chi connectivity index (χ2v) is 6.93. The van der Waals surface area contributed by atoms with Crippen LogP contribution in [0.2, 0.25) is 0 Å². The SMILES string of the molecule is CC(C)C1CN(C)c2cc(CC3CCCCN3)ccc2O1. The van der Waals surface area contributed by atoms with Gasteiger partial charge in [-0.25, -0.2) is 0 Å². The molecule has 3 nitrogen and oxygen atoms in total. The van der Waals surface area contributed by atoms with E-state index in [1.807, 2.05) is 0 Å². The van der Waals surface area contributed by atoms with Gasteiger partial charge in [0.05, 0.1) is 12.2 Å². The van der Waals surface area contributed by atoms with Gasteiger partial charge in [0.25, 0.3) is 0 Å². The van der Waals surface area contributed by atoms with Crippen LogP contribution in [-0.4, -0.2) is 32.3 Å². The maximum absolute atomic E-state index is 6.15. The highest BCUT2D eigenvalue weighted by molar-refractivity contribution is 5.61. The van der Waals surface area contributed by atoms with E-state index < -0.39 is 0 Å². The van der Waals surface area contributed by atoms with Crippen LogP contribution >= 0.6 is 0 Å². The second-order valence-electron chi connectivity index (χ2n) is 6.93. The largest absolute Gasteiger partial charge is 0.486 e. The molecule has 0 saturated carbocycles. The zero-order valence-electron chi connectivity index (χ0n) is 13.6. The van der Waals surface area contributed by atoms with Crippen LogP contribution in [0.5, 0.6) is 5.75 Å². The van der Waals surface area contributed by atoms with E-state index in [-0.39, 0.29) is 0 Å². The molecule has 1 N–H and O–H groups in total. The van der Waals surface area contributed by atoms with Gasteiger partial charge in [0.2, 0.25) is 0 Å². The van der Waals surface area contributed by atoms with Gasteiger partial charge >= 0.3 is 0 Å². The quantitative estimate of drug-likeness (QED) is 0.924. The number of likely N-dealkylation sites (N-methyl/N-ethyl adjacent to an activating group) is 1. The summed E-state index contributed by atoms with van der Waals surface area (Å²) in [6.07, 6.45) is 5.43. The van der Waals surface area contributed by atoms with Crippen LogP contribution in [0.3, 0.4) is 0 Å². The maximum Gasteiger partial charge on any atom is 0.143 e. The van der Waals surface area contributed by atoms with E-state index in [0.717, 1.165) is 18.7 Å². The van der Waals surface area contributed by atoms with E-state index in [1.54, 1.807) is 0 Å². The summed E-state index contributed by atoms with van der Waals surface area (Å²) >= 11 is 0. The van der Waals surface area contributed by atoms with Crippen LogP contribution in [0.4, 0.5) is 5.69 Å². The van der Waals surface area contributed by atoms with Crippen LogP contribution in [0.15, 0.2) is 18.2 Å². The van der Waals surface area contributed by atoms with Crippen molar-refractivity contribution in [2.75, 3.05) is 25.0 Å². The smallest absolute Gasteiger partial charge is 0.143 e. The molecule has 1 fully saturated rings. The summed E-state index contributed by atoms with van der Waals surface area (Å²) in [5, 5.41) is 3.64. The fraction of sp³-hybridized carbons (Fsp3) is 0.667. The molecule has 21 heavy (non-hydrogen) atoms. The zero-order valence-corrected chi connectivity index (χ0v) is 13.6. The molecule has 2 unspecified atom stereocenters. The average molecular weight is 288 g/mol. The lowest BCUT2D eigenvalue weighted by atomic mass is 9.96. The van der Waals surface area contributed by atoms with Gasteiger partial charge in [-0.15, -0.1) is 0 Å². The number of rotatable bonds is 3. The Morgan fingerprint density at radius 3 is 2.90 bits per heavy atom. The van der Waals surface area contributed by atoms with Crippen LogP contribution in [0, 0.1) is 5.92 Å². The normalized spacial score (nSPS) is 25.6.